The molecule has 1 aliphatic heterocycles. The number of phenols is 1. The molecule has 0 spiro atoms. The molecule has 1 unspecified atom stereocenters. The Bertz CT molecular complexity index is 900. The molecule has 1 aromatic rings. The highest BCUT2D eigenvalue weighted by Gasteiger charge is 2.50. The minimum Gasteiger partial charge on any atom is -0.504 e. The first-order valence-corrected chi connectivity index (χ1v) is 10.4. The Hall–Kier alpha value is -1.55. The van der Waals surface area contributed by atoms with Gasteiger partial charge in [-0.05, 0) is 25.0 Å². The Balaban J connectivity index is 1.87. The molecule has 0 saturated carbocycles. The van der Waals surface area contributed by atoms with Crippen molar-refractivity contribution in [2.45, 2.75) is 35.2 Å². The van der Waals surface area contributed by atoms with Crippen LogP contribution in [-0.2, 0) is 14.6 Å². The summed E-state index contributed by atoms with van der Waals surface area (Å²) in [6.45, 7) is -0.722. The summed E-state index contributed by atoms with van der Waals surface area (Å²) >= 11 is 11.9. The van der Waals surface area contributed by atoms with E-state index in [9.17, 15) is 22.7 Å². The summed E-state index contributed by atoms with van der Waals surface area (Å²) in [5.74, 6) is -0.838. The first-order chi connectivity index (χ1) is 12.7. The van der Waals surface area contributed by atoms with E-state index in [-0.39, 0.29) is 29.8 Å². The number of alkyl halides is 1. The molecular weight excluding hydrogens is 422 g/mol. The topological polar surface area (TPSA) is 105 Å². The molecule has 2 aliphatic rings. The van der Waals surface area contributed by atoms with Crippen molar-refractivity contribution in [2.24, 2.45) is 0 Å². The Morgan fingerprint density at radius 1 is 1.37 bits per heavy atom. The lowest BCUT2D eigenvalue weighted by atomic mass is 10.2. The zero-order chi connectivity index (χ0) is 19.8. The highest BCUT2D eigenvalue weighted by atomic mass is 35.5. The van der Waals surface area contributed by atoms with Crippen LogP contribution in [0.4, 0.5) is 14.9 Å². The van der Waals surface area contributed by atoms with E-state index in [4.69, 9.17) is 27.9 Å². The van der Waals surface area contributed by atoms with Gasteiger partial charge in [-0.2, -0.15) is 0 Å². The average Bonchev–Trinajstić information content (AvgIpc) is 3.20. The summed E-state index contributed by atoms with van der Waals surface area (Å²) < 4.78 is 45.1. The number of carbonyl (C=O) groups is 1. The molecule has 1 aliphatic carbocycles. The number of urea groups is 1. The fourth-order valence-corrected chi connectivity index (χ4v) is 5.32. The average molecular weight is 439 g/mol. The second-order valence-corrected chi connectivity index (χ2v) is 9.27. The van der Waals surface area contributed by atoms with Crippen LogP contribution >= 0.6 is 23.2 Å². The summed E-state index contributed by atoms with van der Waals surface area (Å²) in [4.78, 5) is 11.4. The van der Waals surface area contributed by atoms with Crippen molar-refractivity contribution in [3.8, 4) is 5.75 Å². The third-order valence-electron chi connectivity index (χ3n) is 4.45. The number of hydrogen-bond acceptors (Lipinski definition) is 5. The van der Waals surface area contributed by atoms with E-state index in [0.717, 1.165) is 12.5 Å². The van der Waals surface area contributed by atoms with Crippen LogP contribution in [-0.4, -0.2) is 43.8 Å². The van der Waals surface area contributed by atoms with Crippen LogP contribution < -0.4 is 10.6 Å². The van der Waals surface area contributed by atoms with Crippen LogP contribution in [0.15, 0.2) is 28.1 Å². The van der Waals surface area contributed by atoms with Crippen LogP contribution in [0.5, 0.6) is 5.75 Å². The minimum absolute atomic E-state index is 0.0654. The fourth-order valence-electron chi connectivity index (χ4n) is 2.95. The third kappa shape index (κ3) is 3.73. The molecule has 11 heteroatoms. The van der Waals surface area contributed by atoms with Gasteiger partial charge in [0.05, 0.1) is 30.0 Å². The number of hydrogen-bond donors (Lipinski definition) is 3. The van der Waals surface area contributed by atoms with Crippen LogP contribution in [0.25, 0.3) is 0 Å². The monoisotopic (exact) mass is 438 g/mol. The summed E-state index contributed by atoms with van der Waals surface area (Å²) in [6, 6.07) is 1.31. The molecule has 2 atom stereocenters. The van der Waals surface area contributed by atoms with E-state index in [0.29, 0.717) is 11.5 Å². The van der Waals surface area contributed by atoms with E-state index in [1.807, 2.05) is 0 Å². The predicted octanol–water partition coefficient (Wildman–Crippen LogP) is 3.31. The van der Waals surface area contributed by atoms with Crippen LogP contribution in [0, 0.1) is 0 Å². The number of halogens is 3. The van der Waals surface area contributed by atoms with E-state index in [1.165, 1.54) is 6.07 Å². The SMILES string of the molecule is O=C(Nc1ccc(Cl)c(S(=O)(=O)C2(F)CCOC2)c1O)N[C@@H]1CCC=C1Cl. The first-order valence-electron chi connectivity index (χ1n) is 8.11. The number of carbonyl (C=O) groups excluding carboxylic acids is 1. The highest BCUT2D eigenvalue weighted by molar-refractivity contribution is 7.93. The van der Waals surface area contributed by atoms with Gasteiger partial charge in [0, 0.05) is 11.5 Å². The van der Waals surface area contributed by atoms with Gasteiger partial charge in [0.1, 0.15) is 4.90 Å². The number of benzene rings is 1. The molecule has 1 fully saturated rings. The number of rotatable bonds is 4. The molecule has 0 aromatic heterocycles. The molecule has 27 heavy (non-hydrogen) atoms. The molecule has 2 amide bonds. The van der Waals surface area contributed by atoms with Crippen LogP contribution in [0.2, 0.25) is 5.02 Å². The van der Waals surface area contributed by atoms with Gasteiger partial charge in [0.2, 0.25) is 14.8 Å². The highest BCUT2D eigenvalue weighted by Crippen LogP contribution is 2.44. The smallest absolute Gasteiger partial charge is 0.319 e. The van der Waals surface area contributed by atoms with Crippen molar-refractivity contribution < 1.29 is 27.4 Å². The van der Waals surface area contributed by atoms with Gasteiger partial charge in [-0.15, -0.1) is 0 Å². The lowest BCUT2D eigenvalue weighted by Gasteiger charge is -2.21. The van der Waals surface area contributed by atoms with Crippen molar-refractivity contribution in [2.75, 3.05) is 18.5 Å². The quantitative estimate of drug-likeness (QED) is 0.625. The zero-order valence-corrected chi connectivity index (χ0v) is 16.3. The summed E-state index contributed by atoms with van der Waals surface area (Å²) in [5.41, 5.74) is -0.226. The predicted molar refractivity (Wildman–Crippen MR) is 98.7 cm³/mol. The maximum atomic E-state index is 14.8. The molecule has 7 nitrogen and oxygen atoms in total. The van der Waals surface area contributed by atoms with E-state index in [2.05, 4.69) is 10.6 Å². The van der Waals surface area contributed by atoms with Crippen molar-refractivity contribution in [3.63, 3.8) is 0 Å². The molecule has 1 heterocycles. The fraction of sp³-hybridized carbons (Fsp3) is 0.438. The van der Waals surface area contributed by atoms with E-state index >= 15 is 0 Å². The Morgan fingerprint density at radius 3 is 2.70 bits per heavy atom. The Morgan fingerprint density at radius 2 is 2.11 bits per heavy atom. The molecule has 1 saturated heterocycles. The molecular formula is C16H17Cl2FN2O5S. The van der Waals surface area contributed by atoms with Crippen molar-refractivity contribution in [3.05, 3.63) is 28.3 Å². The number of phenolic OH excluding ortho intramolecular Hbond substituents is 1. The van der Waals surface area contributed by atoms with Crippen molar-refractivity contribution in [1.29, 1.82) is 0 Å². The number of nitrogens with one attached hydrogen (secondary N) is 2. The molecule has 1 aromatic carbocycles. The van der Waals surface area contributed by atoms with Crippen molar-refractivity contribution >= 4 is 44.8 Å². The summed E-state index contributed by atoms with van der Waals surface area (Å²) in [7, 11) is -4.66. The number of sulfone groups is 1. The van der Waals surface area contributed by atoms with Gasteiger partial charge in [-0.25, -0.2) is 17.6 Å². The van der Waals surface area contributed by atoms with Crippen molar-refractivity contribution in [1.82, 2.24) is 5.32 Å². The first kappa shape index (κ1) is 20.2. The Kier molecular flexibility index (Phi) is 5.58. The number of amides is 2. The second kappa shape index (κ2) is 7.46. The van der Waals surface area contributed by atoms with Crippen LogP contribution in [0.1, 0.15) is 19.3 Å². The van der Waals surface area contributed by atoms with Gasteiger partial charge in [0.25, 0.3) is 0 Å². The number of anilines is 1. The third-order valence-corrected chi connectivity index (χ3v) is 7.53. The van der Waals surface area contributed by atoms with Gasteiger partial charge >= 0.3 is 6.03 Å². The molecule has 0 bridgehead atoms. The Labute approximate surface area is 165 Å². The molecule has 3 N–H and O–H groups in total. The maximum absolute atomic E-state index is 14.8. The lowest BCUT2D eigenvalue weighted by Crippen LogP contribution is -2.37. The normalized spacial score (nSPS) is 25.3. The zero-order valence-electron chi connectivity index (χ0n) is 14.0. The van der Waals surface area contributed by atoms with Gasteiger partial charge in [-0.3, -0.25) is 0 Å². The van der Waals surface area contributed by atoms with E-state index in [1.54, 1.807) is 6.08 Å². The van der Waals surface area contributed by atoms with Gasteiger partial charge in [0.15, 0.2) is 5.75 Å². The molecule has 148 valence electrons. The van der Waals surface area contributed by atoms with Crippen LogP contribution in [0.3, 0.4) is 0 Å². The summed E-state index contributed by atoms with van der Waals surface area (Å²) in [5, 5.41) is 12.8. The van der Waals surface area contributed by atoms with Gasteiger partial charge < -0.3 is 20.5 Å². The molecule has 0 radical (unpaired) electrons. The largest absolute Gasteiger partial charge is 0.504 e. The summed E-state index contributed by atoms with van der Waals surface area (Å²) in [6.07, 6.45) is 2.75. The maximum Gasteiger partial charge on any atom is 0.319 e. The second-order valence-electron chi connectivity index (χ2n) is 6.28. The number of allylic oxidation sites excluding steroid dienone is 1. The number of ether oxygens (including phenoxy) is 1. The standard InChI is InChI=1S/C16H17Cl2FN2O5S/c17-9-2-1-3-11(9)20-15(23)21-12-5-4-10(18)14(13(12)22)27(24,25)16(19)6-7-26-8-16/h2,4-5,11,22H,1,3,6-8H2,(H2,20,21,23)/t11-,16?/m1/s1. The number of aromatic hydroxyl groups is 1. The molecule has 3 rings (SSSR count). The van der Waals surface area contributed by atoms with Gasteiger partial charge in [-0.1, -0.05) is 29.3 Å². The van der Waals surface area contributed by atoms with E-state index < -0.39 is 38.1 Å². The minimum atomic E-state index is -4.66. The lowest BCUT2D eigenvalue weighted by molar-refractivity contribution is 0.157.